The topological polar surface area (TPSA) is 21.7 Å². The first-order chi connectivity index (χ1) is 9.13. The van der Waals surface area contributed by atoms with Crippen molar-refractivity contribution in [3.63, 3.8) is 0 Å². The molecule has 4 heteroatoms. The maximum absolute atomic E-state index is 5.35. The molecule has 0 unspecified atom stereocenters. The van der Waals surface area contributed by atoms with Crippen LogP contribution in [0.4, 0.5) is 0 Å². The van der Waals surface area contributed by atoms with Gasteiger partial charge in [-0.3, -0.25) is 0 Å². The zero-order valence-corrected chi connectivity index (χ0v) is 13.3. The van der Waals surface area contributed by atoms with Gasteiger partial charge in [0.15, 0.2) is 11.5 Å². The summed E-state index contributed by atoms with van der Waals surface area (Å²) in [5, 5.41) is 2.36. The van der Waals surface area contributed by atoms with E-state index in [0.29, 0.717) is 0 Å². The van der Waals surface area contributed by atoms with Crippen molar-refractivity contribution in [2.75, 3.05) is 34.9 Å². The average Bonchev–Trinajstić information content (AvgIpc) is 2.43. The van der Waals surface area contributed by atoms with Crippen LogP contribution in [-0.2, 0) is 6.42 Å². The number of methoxy groups -OCH3 is 2. The summed E-state index contributed by atoms with van der Waals surface area (Å²) < 4.78 is 10.7. The first-order valence-corrected chi connectivity index (χ1v) is 6.43. The van der Waals surface area contributed by atoms with Crippen molar-refractivity contribution in [3.05, 3.63) is 35.9 Å². The average molecular weight is 296 g/mol. The van der Waals surface area contributed by atoms with E-state index in [1.54, 1.807) is 14.2 Å². The molecule has 3 nitrogen and oxygen atoms in total. The SMILES string of the molecule is COc1cc2ccc(CCN(C)C)cc2cc1OC.Cl. The second kappa shape index (κ2) is 7.36. The number of nitrogens with zero attached hydrogens (tertiary/aromatic N) is 1. The van der Waals surface area contributed by atoms with Crippen molar-refractivity contribution in [3.8, 4) is 11.5 Å². The number of halogens is 1. The van der Waals surface area contributed by atoms with Gasteiger partial charge in [0.25, 0.3) is 0 Å². The van der Waals surface area contributed by atoms with Crippen molar-refractivity contribution in [2.24, 2.45) is 0 Å². The molecule has 0 heterocycles. The van der Waals surface area contributed by atoms with E-state index < -0.39 is 0 Å². The highest BCUT2D eigenvalue weighted by Gasteiger charge is 2.06. The molecule has 0 atom stereocenters. The van der Waals surface area contributed by atoms with Crippen LogP contribution in [0.25, 0.3) is 10.8 Å². The first kappa shape index (κ1) is 16.6. The summed E-state index contributed by atoms with van der Waals surface area (Å²) >= 11 is 0. The van der Waals surface area contributed by atoms with Crippen molar-refractivity contribution in [1.29, 1.82) is 0 Å². The smallest absolute Gasteiger partial charge is 0.161 e. The second-order valence-corrected chi connectivity index (χ2v) is 4.94. The highest BCUT2D eigenvalue weighted by molar-refractivity contribution is 5.86. The summed E-state index contributed by atoms with van der Waals surface area (Å²) in [6, 6.07) is 10.6. The van der Waals surface area contributed by atoms with Gasteiger partial charge in [-0.25, -0.2) is 0 Å². The Labute approximate surface area is 126 Å². The van der Waals surface area contributed by atoms with E-state index in [0.717, 1.165) is 24.5 Å². The van der Waals surface area contributed by atoms with Crippen LogP contribution < -0.4 is 9.47 Å². The van der Waals surface area contributed by atoms with Gasteiger partial charge in [0.05, 0.1) is 14.2 Å². The quantitative estimate of drug-likeness (QED) is 0.844. The Hall–Kier alpha value is -1.45. The lowest BCUT2D eigenvalue weighted by Crippen LogP contribution is -2.14. The van der Waals surface area contributed by atoms with Crippen molar-refractivity contribution in [1.82, 2.24) is 4.90 Å². The summed E-state index contributed by atoms with van der Waals surface area (Å²) in [5.74, 6) is 1.55. The predicted molar refractivity (Wildman–Crippen MR) is 86.6 cm³/mol. The van der Waals surface area contributed by atoms with E-state index in [1.165, 1.54) is 16.3 Å². The molecule has 110 valence electrons. The van der Waals surface area contributed by atoms with Crippen LogP contribution >= 0.6 is 12.4 Å². The van der Waals surface area contributed by atoms with E-state index in [-0.39, 0.29) is 12.4 Å². The molecule has 0 aliphatic carbocycles. The second-order valence-electron chi connectivity index (χ2n) is 4.94. The lowest BCUT2D eigenvalue weighted by molar-refractivity contribution is 0.356. The van der Waals surface area contributed by atoms with Gasteiger partial charge in [0, 0.05) is 6.54 Å². The molecule has 0 fully saturated rings. The fourth-order valence-electron chi connectivity index (χ4n) is 2.13. The Bertz CT molecular complexity index is 570. The summed E-state index contributed by atoms with van der Waals surface area (Å²) in [4.78, 5) is 2.19. The lowest BCUT2D eigenvalue weighted by atomic mass is 10.0. The van der Waals surface area contributed by atoms with Crippen molar-refractivity contribution in [2.45, 2.75) is 6.42 Å². The fraction of sp³-hybridized carbons (Fsp3) is 0.375. The molecular formula is C16H22ClNO2. The number of hydrogen-bond donors (Lipinski definition) is 0. The lowest BCUT2D eigenvalue weighted by Gasteiger charge is -2.12. The molecule has 0 radical (unpaired) electrons. The van der Waals surface area contributed by atoms with Gasteiger partial charge in [0.2, 0.25) is 0 Å². The molecule has 0 saturated heterocycles. The van der Waals surface area contributed by atoms with Gasteiger partial charge >= 0.3 is 0 Å². The van der Waals surface area contributed by atoms with Crippen LogP contribution in [0, 0.1) is 0 Å². The number of ether oxygens (including phenoxy) is 2. The summed E-state index contributed by atoms with van der Waals surface area (Å²) in [7, 11) is 7.51. The zero-order valence-electron chi connectivity index (χ0n) is 12.5. The van der Waals surface area contributed by atoms with Gasteiger partial charge in [0.1, 0.15) is 0 Å². The molecule has 0 bridgehead atoms. The van der Waals surface area contributed by atoms with Crippen LogP contribution in [0.5, 0.6) is 11.5 Å². The van der Waals surface area contributed by atoms with Gasteiger partial charge in [-0.2, -0.15) is 0 Å². The third-order valence-corrected chi connectivity index (χ3v) is 3.25. The molecule has 0 aliphatic rings. The molecule has 0 spiro atoms. The number of benzene rings is 2. The maximum Gasteiger partial charge on any atom is 0.161 e. The van der Waals surface area contributed by atoms with Crippen LogP contribution in [0.3, 0.4) is 0 Å². The van der Waals surface area contributed by atoms with Gasteiger partial charge < -0.3 is 14.4 Å². The Morgan fingerprint density at radius 3 is 2.05 bits per heavy atom. The van der Waals surface area contributed by atoms with E-state index in [2.05, 4.69) is 37.2 Å². The molecular weight excluding hydrogens is 274 g/mol. The molecule has 2 aromatic rings. The van der Waals surface area contributed by atoms with Crippen LogP contribution in [0.15, 0.2) is 30.3 Å². The Kier molecular flexibility index (Phi) is 6.11. The molecule has 0 saturated carbocycles. The molecule has 0 N–H and O–H groups in total. The maximum atomic E-state index is 5.35. The minimum atomic E-state index is 0. The highest BCUT2D eigenvalue weighted by atomic mass is 35.5. The number of rotatable bonds is 5. The standard InChI is InChI=1S/C16H21NO2.ClH/c1-17(2)8-7-12-5-6-13-10-15(18-3)16(19-4)11-14(13)9-12;/h5-6,9-11H,7-8H2,1-4H3;1H. The van der Waals surface area contributed by atoms with E-state index >= 15 is 0 Å². The number of hydrogen-bond acceptors (Lipinski definition) is 3. The molecule has 20 heavy (non-hydrogen) atoms. The van der Waals surface area contributed by atoms with Gasteiger partial charge in [-0.05, 0) is 49.0 Å². The fourth-order valence-corrected chi connectivity index (χ4v) is 2.13. The molecule has 0 amide bonds. The van der Waals surface area contributed by atoms with Gasteiger partial charge in [-0.15, -0.1) is 12.4 Å². The third-order valence-electron chi connectivity index (χ3n) is 3.25. The van der Waals surface area contributed by atoms with Crippen LogP contribution in [0.2, 0.25) is 0 Å². The number of fused-ring (bicyclic) bond motifs is 1. The van der Waals surface area contributed by atoms with Crippen molar-refractivity contribution >= 4 is 23.2 Å². The number of likely N-dealkylation sites (N-methyl/N-ethyl adjacent to an activating group) is 1. The monoisotopic (exact) mass is 295 g/mol. The molecule has 0 aromatic heterocycles. The minimum absolute atomic E-state index is 0. The third kappa shape index (κ3) is 3.78. The molecule has 0 aliphatic heterocycles. The first-order valence-electron chi connectivity index (χ1n) is 6.43. The summed E-state index contributed by atoms with van der Waals surface area (Å²) in [5.41, 5.74) is 1.34. The predicted octanol–water partition coefficient (Wildman–Crippen LogP) is 3.38. The highest BCUT2D eigenvalue weighted by Crippen LogP contribution is 2.32. The normalized spacial score (nSPS) is 10.4. The van der Waals surface area contributed by atoms with Crippen molar-refractivity contribution < 1.29 is 9.47 Å². The van der Waals surface area contributed by atoms with Crippen LogP contribution in [0.1, 0.15) is 5.56 Å². The Morgan fingerprint density at radius 2 is 1.50 bits per heavy atom. The van der Waals surface area contributed by atoms with Crippen LogP contribution in [-0.4, -0.2) is 39.8 Å². The minimum Gasteiger partial charge on any atom is -0.493 e. The van der Waals surface area contributed by atoms with Gasteiger partial charge in [-0.1, -0.05) is 18.2 Å². The molecule has 2 aromatic carbocycles. The van der Waals surface area contributed by atoms with E-state index in [4.69, 9.17) is 9.47 Å². The summed E-state index contributed by atoms with van der Waals surface area (Å²) in [6.07, 6.45) is 1.05. The molecule has 2 rings (SSSR count). The Balaban J connectivity index is 0.00000200. The largest absolute Gasteiger partial charge is 0.493 e. The Morgan fingerprint density at radius 1 is 0.900 bits per heavy atom. The van der Waals surface area contributed by atoms with E-state index in [1.807, 2.05) is 12.1 Å². The van der Waals surface area contributed by atoms with E-state index in [9.17, 15) is 0 Å². The zero-order chi connectivity index (χ0) is 13.8. The summed E-state index contributed by atoms with van der Waals surface area (Å²) in [6.45, 7) is 1.05.